The molecular formula is C10H12N4O3. The van der Waals surface area contributed by atoms with E-state index in [1.54, 1.807) is 25.2 Å². The van der Waals surface area contributed by atoms with Crippen molar-refractivity contribution < 1.29 is 9.21 Å². The number of aromatic nitrogens is 1. The highest BCUT2D eigenvalue weighted by Gasteiger charge is 2.16. The fourth-order valence-electron chi connectivity index (χ4n) is 1.58. The third kappa shape index (κ3) is 1.81. The molecule has 0 aliphatic rings. The minimum Gasteiger partial charge on any atom is -0.408 e. The van der Waals surface area contributed by atoms with Crippen LogP contribution in [0.25, 0.3) is 11.1 Å². The highest BCUT2D eigenvalue weighted by atomic mass is 16.4. The Morgan fingerprint density at radius 3 is 2.88 bits per heavy atom. The van der Waals surface area contributed by atoms with Gasteiger partial charge in [0.2, 0.25) is 0 Å². The van der Waals surface area contributed by atoms with Crippen molar-refractivity contribution in [2.75, 3.05) is 0 Å². The number of rotatable bonds is 2. The molecule has 1 heterocycles. The lowest BCUT2D eigenvalue weighted by molar-refractivity contribution is -0.122. The molecule has 0 saturated carbocycles. The molecule has 5 N–H and O–H groups in total. The Hall–Kier alpha value is -2.12. The maximum atomic E-state index is 11.3. The van der Waals surface area contributed by atoms with E-state index in [1.165, 1.54) is 4.57 Å². The van der Waals surface area contributed by atoms with Crippen LogP contribution in [-0.2, 0) is 11.8 Å². The second-order valence-electron chi connectivity index (χ2n) is 3.64. The second-order valence-corrected chi connectivity index (χ2v) is 3.64. The molecule has 0 radical (unpaired) electrons. The number of hydrogen-bond acceptors (Lipinski definition) is 5. The first-order valence-corrected chi connectivity index (χ1v) is 4.90. The van der Waals surface area contributed by atoms with Gasteiger partial charge >= 0.3 is 5.76 Å². The van der Waals surface area contributed by atoms with Crippen molar-refractivity contribution in [3.8, 4) is 0 Å². The molecule has 1 atom stereocenters. The van der Waals surface area contributed by atoms with Gasteiger partial charge in [0.15, 0.2) is 5.58 Å². The van der Waals surface area contributed by atoms with Crippen LogP contribution < -0.4 is 22.8 Å². The molecule has 0 saturated heterocycles. The summed E-state index contributed by atoms with van der Waals surface area (Å²) in [5, 5.41) is 0. The van der Waals surface area contributed by atoms with E-state index in [4.69, 9.17) is 16.0 Å². The Kier molecular flexibility index (Phi) is 2.70. The van der Waals surface area contributed by atoms with Gasteiger partial charge in [-0.1, -0.05) is 6.07 Å². The fourth-order valence-corrected chi connectivity index (χ4v) is 1.58. The van der Waals surface area contributed by atoms with Crippen LogP contribution in [0.4, 0.5) is 0 Å². The van der Waals surface area contributed by atoms with Gasteiger partial charge in [-0.15, -0.1) is 0 Å². The van der Waals surface area contributed by atoms with Crippen LogP contribution in [0, 0.1) is 0 Å². The summed E-state index contributed by atoms with van der Waals surface area (Å²) in [5.74, 6) is 4.04. The summed E-state index contributed by atoms with van der Waals surface area (Å²) in [6, 6.07) is 3.95. The predicted octanol–water partition coefficient (Wildman–Crippen LogP) is -0.879. The number of nitrogens with one attached hydrogen (secondary N) is 1. The summed E-state index contributed by atoms with van der Waals surface area (Å²) in [6.45, 7) is 0. The molecular weight excluding hydrogens is 224 g/mol. The van der Waals surface area contributed by atoms with Crippen LogP contribution in [0.15, 0.2) is 27.4 Å². The Morgan fingerprint density at radius 1 is 1.53 bits per heavy atom. The first kappa shape index (κ1) is 11.4. The Morgan fingerprint density at radius 2 is 2.24 bits per heavy atom. The van der Waals surface area contributed by atoms with Crippen molar-refractivity contribution >= 4 is 17.0 Å². The number of hydrazine groups is 1. The molecule has 0 spiro atoms. The van der Waals surface area contributed by atoms with Crippen molar-refractivity contribution in [1.82, 2.24) is 9.99 Å². The molecule has 2 rings (SSSR count). The molecule has 1 aromatic carbocycles. The number of amides is 1. The Labute approximate surface area is 96.0 Å². The maximum Gasteiger partial charge on any atom is 0.419 e. The molecule has 7 heteroatoms. The molecule has 0 aliphatic carbocycles. The van der Waals surface area contributed by atoms with E-state index in [2.05, 4.69) is 0 Å². The third-order valence-electron chi connectivity index (χ3n) is 2.60. The number of aryl methyl sites for hydroxylation is 1. The second kappa shape index (κ2) is 4.04. The normalized spacial score (nSPS) is 12.6. The molecule has 7 nitrogen and oxygen atoms in total. The number of oxazole rings is 1. The van der Waals surface area contributed by atoms with Gasteiger partial charge in [-0.25, -0.2) is 10.6 Å². The topological polar surface area (TPSA) is 116 Å². The lowest BCUT2D eigenvalue weighted by Gasteiger charge is -2.09. The standard InChI is InChI=1S/C10H12N4O3/c1-14-6-4-5(8(11)9(15)13-12)2-3-7(6)17-10(14)16/h2-4,8H,11-12H2,1H3,(H,13,15). The van der Waals surface area contributed by atoms with Crippen molar-refractivity contribution in [3.05, 3.63) is 34.3 Å². The average molecular weight is 236 g/mol. The highest BCUT2D eigenvalue weighted by Crippen LogP contribution is 2.18. The minimum absolute atomic E-state index is 0.446. The molecule has 1 amide bonds. The molecule has 90 valence electrons. The number of benzene rings is 1. The SMILES string of the molecule is Cn1c(=O)oc2ccc(C(N)C(=O)NN)cc21. The first-order valence-electron chi connectivity index (χ1n) is 4.90. The van der Waals surface area contributed by atoms with Crippen LogP contribution >= 0.6 is 0 Å². The van der Waals surface area contributed by atoms with Crippen LogP contribution in [0.2, 0.25) is 0 Å². The van der Waals surface area contributed by atoms with Gasteiger partial charge < -0.3 is 10.2 Å². The zero-order valence-electron chi connectivity index (χ0n) is 9.14. The van der Waals surface area contributed by atoms with Crippen LogP contribution in [-0.4, -0.2) is 10.5 Å². The van der Waals surface area contributed by atoms with E-state index in [-0.39, 0.29) is 0 Å². The van der Waals surface area contributed by atoms with Gasteiger partial charge in [-0.2, -0.15) is 0 Å². The number of nitrogens with zero attached hydrogens (tertiary/aromatic N) is 1. The number of hydrogen-bond donors (Lipinski definition) is 3. The van der Waals surface area contributed by atoms with Crippen molar-refractivity contribution in [3.63, 3.8) is 0 Å². The summed E-state index contributed by atoms with van der Waals surface area (Å²) < 4.78 is 6.30. The summed E-state index contributed by atoms with van der Waals surface area (Å²) in [7, 11) is 1.58. The minimum atomic E-state index is -0.880. The molecule has 17 heavy (non-hydrogen) atoms. The molecule has 0 aliphatic heterocycles. The van der Waals surface area contributed by atoms with Crippen molar-refractivity contribution in [1.29, 1.82) is 0 Å². The number of nitrogens with two attached hydrogens (primary N) is 2. The van der Waals surface area contributed by atoms with Crippen molar-refractivity contribution in [2.45, 2.75) is 6.04 Å². The largest absolute Gasteiger partial charge is 0.419 e. The summed E-state index contributed by atoms with van der Waals surface area (Å²) in [5.41, 5.74) is 9.24. The van der Waals surface area contributed by atoms with E-state index in [0.717, 1.165) is 0 Å². The smallest absolute Gasteiger partial charge is 0.408 e. The maximum absolute atomic E-state index is 11.3. The highest BCUT2D eigenvalue weighted by molar-refractivity contribution is 5.84. The fraction of sp³-hybridized carbons (Fsp3) is 0.200. The Balaban J connectivity index is 2.54. The zero-order chi connectivity index (χ0) is 12.6. The van der Waals surface area contributed by atoms with Gasteiger partial charge in [0.1, 0.15) is 6.04 Å². The van der Waals surface area contributed by atoms with Crippen molar-refractivity contribution in [2.24, 2.45) is 18.6 Å². The lowest BCUT2D eigenvalue weighted by atomic mass is 10.1. The van der Waals surface area contributed by atoms with E-state index in [1.807, 2.05) is 5.43 Å². The van der Waals surface area contributed by atoms with Crippen LogP contribution in [0.1, 0.15) is 11.6 Å². The third-order valence-corrected chi connectivity index (χ3v) is 2.60. The predicted molar refractivity (Wildman–Crippen MR) is 60.7 cm³/mol. The number of carbonyl (C=O) groups is 1. The van der Waals surface area contributed by atoms with Gasteiger partial charge in [-0.3, -0.25) is 14.8 Å². The van der Waals surface area contributed by atoms with Crippen LogP contribution in [0.5, 0.6) is 0 Å². The average Bonchev–Trinajstić information content (AvgIpc) is 2.63. The molecule has 0 fully saturated rings. The van der Waals surface area contributed by atoms with Gasteiger partial charge in [0, 0.05) is 7.05 Å². The summed E-state index contributed by atoms with van der Waals surface area (Å²) in [6.07, 6.45) is 0. The molecule has 1 unspecified atom stereocenters. The Bertz CT molecular complexity index is 628. The number of carbonyl (C=O) groups excluding carboxylic acids is 1. The molecule has 1 aromatic heterocycles. The van der Waals surface area contributed by atoms with Gasteiger partial charge in [-0.05, 0) is 17.7 Å². The van der Waals surface area contributed by atoms with E-state index in [0.29, 0.717) is 16.7 Å². The van der Waals surface area contributed by atoms with Gasteiger partial charge in [0.25, 0.3) is 5.91 Å². The van der Waals surface area contributed by atoms with Crippen LogP contribution in [0.3, 0.4) is 0 Å². The molecule has 0 bridgehead atoms. The van der Waals surface area contributed by atoms with E-state index in [9.17, 15) is 9.59 Å². The molecule has 2 aromatic rings. The van der Waals surface area contributed by atoms with E-state index < -0.39 is 17.7 Å². The monoisotopic (exact) mass is 236 g/mol. The lowest BCUT2D eigenvalue weighted by Crippen LogP contribution is -2.38. The quantitative estimate of drug-likeness (QED) is 0.355. The number of fused-ring (bicyclic) bond motifs is 1. The van der Waals surface area contributed by atoms with E-state index >= 15 is 0 Å². The summed E-state index contributed by atoms with van der Waals surface area (Å²) >= 11 is 0. The van der Waals surface area contributed by atoms with Gasteiger partial charge in [0.05, 0.1) is 5.52 Å². The first-order chi connectivity index (χ1) is 8.04. The zero-order valence-corrected chi connectivity index (χ0v) is 9.14. The summed E-state index contributed by atoms with van der Waals surface area (Å²) in [4.78, 5) is 22.6.